The normalized spacial score (nSPS) is 20.8. The number of hydrogen-bond acceptors (Lipinski definition) is 4. The van der Waals surface area contributed by atoms with Crippen LogP contribution in [0.3, 0.4) is 0 Å². The third kappa shape index (κ3) is 4.68. The SMILES string of the molecule is CCN1CCN(c2ccnc(CNC(C)(C)C)c2)CC1C. The first kappa shape index (κ1) is 16.2. The molecule has 0 aliphatic carbocycles. The molecule has 0 bridgehead atoms. The van der Waals surface area contributed by atoms with Gasteiger partial charge in [0.25, 0.3) is 0 Å². The van der Waals surface area contributed by atoms with Crippen LogP contribution in [0.25, 0.3) is 0 Å². The van der Waals surface area contributed by atoms with E-state index in [0.717, 1.165) is 38.4 Å². The van der Waals surface area contributed by atoms with E-state index in [2.05, 4.69) is 66.9 Å². The molecule has 4 heteroatoms. The molecule has 0 aromatic carbocycles. The van der Waals surface area contributed by atoms with Crippen LogP contribution in [0.4, 0.5) is 5.69 Å². The fourth-order valence-electron chi connectivity index (χ4n) is 2.81. The van der Waals surface area contributed by atoms with Gasteiger partial charge in [0.2, 0.25) is 0 Å². The number of hydrogen-bond donors (Lipinski definition) is 1. The van der Waals surface area contributed by atoms with E-state index in [1.54, 1.807) is 0 Å². The van der Waals surface area contributed by atoms with Gasteiger partial charge in [-0.1, -0.05) is 6.92 Å². The van der Waals surface area contributed by atoms with Gasteiger partial charge in [-0.2, -0.15) is 0 Å². The molecule has 118 valence electrons. The topological polar surface area (TPSA) is 31.4 Å². The first-order valence-corrected chi connectivity index (χ1v) is 8.08. The summed E-state index contributed by atoms with van der Waals surface area (Å²) in [7, 11) is 0. The van der Waals surface area contributed by atoms with Crippen LogP contribution in [0.5, 0.6) is 0 Å². The third-order valence-corrected chi connectivity index (χ3v) is 4.14. The molecule has 4 nitrogen and oxygen atoms in total. The molecule has 1 aliphatic heterocycles. The number of rotatable bonds is 4. The van der Waals surface area contributed by atoms with Crippen LogP contribution in [0.15, 0.2) is 18.3 Å². The molecule has 1 fully saturated rings. The Labute approximate surface area is 129 Å². The molecule has 1 atom stereocenters. The van der Waals surface area contributed by atoms with Crippen molar-refractivity contribution >= 4 is 5.69 Å². The predicted octanol–water partition coefficient (Wildman–Crippen LogP) is 2.50. The Morgan fingerprint density at radius 2 is 2.10 bits per heavy atom. The van der Waals surface area contributed by atoms with Crippen molar-refractivity contribution in [3.63, 3.8) is 0 Å². The number of pyridine rings is 1. The van der Waals surface area contributed by atoms with Crippen molar-refractivity contribution in [2.24, 2.45) is 0 Å². The Kier molecular flexibility index (Phi) is 5.22. The monoisotopic (exact) mass is 290 g/mol. The highest BCUT2D eigenvalue weighted by molar-refractivity contribution is 5.47. The molecule has 2 heterocycles. The lowest BCUT2D eigenvalue weighted by Gasteiger charge is -2.40. The average Bonchev–Trinajstić information content (AvgIpc) is 2.44. The number of anilines is 1. The molecule has 1 saturated heterocycles. The second kappa shape index (κ2) is 6.75. The first-order chi connectivity index (χ1) is 9.89. The van der Waals surface area contributed by atoms with Gasteiger partial charge in [0.1, 0.15) is 0 Å². The number of nitrogens with one attached hydrogen (secondary N) is 1. The molecule has 0 spiro atoms. The number of nitrogens with zero attached hydrogens (tertiary/aromatic N) is 3. The molecule has 21 heavy (non-hydrogen) atoms. The van der Waals surface area contributed by atoms with Crippen molar-refractivity contribution in [2.45, 2.75) is 52.7 Å². The molecular weight excluding hydrogens is 260 g/mol. The third-order valence-electron chi connectivity index (χ3n) is 4.14. The largest absolute Gasteiger partial charge is 0.369 e. The van der Waals surface area contributed by atoms with Crippen LogP contribution in [0.2, 0.25) is 0 Å². The molecule has 1 aromatic rings. The van der Waals surface area contributed by atoms with Crippen molar-refractivity contribution in [1.29, 1.82) is 0 Å². The summed E-state index contributed by atoms with van der Waals surface area (Å²) in [5, 5.41) is 3.50. The lowest BCUT2D eigenvalue weighted by atomic mass is 10.1. The van der Waals surface area contributed by atoms with E-state index in [4.69, 9.17) is 0 Å². The van der Waals surface area contributed by atoms with Crippen LogP contribution < -0.4 is 10.2 Å². The lowest BCUT2D eigenvalue weighted by molar-refractivity contribution is 0.199. The number of aromatic nitrogens is 1. The van der Waals surface area contributed by atoms with E-state index >= 15 is 0 Å². The second-order valence-electron chi connectivity index (χ2n) is 7.03. The van der Waals surface area contributed by atoms with E-state index in [9.17, 15) is 0 Å². The highest BCUT2D eigenvalue weighted by Crippen LogP contribution is 2.19. The van der Waals surface area contributed by atoms with Gasteiger partial charge in [0.05, 0.1) is 5.69 Å². The van der Waals surface area contributed by atoms with Crippen LogP contribution in [-0.4, -0.2) is 47.6 Å². The molecule has 1 N–H and O–H groups in total. The van der Waals surface area contributed by atoms with Gasteiger partial charge in [0.15, 0.2) is 0 Å². The standard InChI is InChI=1S/C17H30N4/c1-6-20-9-10-21(13-14(20)2)16-7-8-18-15(11-16)12-19-17(3,4)5/h7-8,11,14,19H,6,9-10,12-13H2,1-5H3. The molecule has 1 unspecified atom stereocenters. The average molecular weight is 290 g/mol. The lowest BCUT2D eigenvalue weighted by Crippen LogP contribution is -2.51. The fourth-order valence-corrected chi connectivity index (χ4v) is 2.81. The second-order valence-corrected chi connectivity index (χ2v) is 7.03. The van der Waals surface area contributed by atoms with Crippen LogP contribution in [0, 0.1) is 0 Å². The minimum absolute atomic E-state index is 0.124. The van der Waals surface area contributed by atoms with Crippen LogP contribution in [0.1, 0.15) is 40.3 Å². The Hall–Kier alpha value is -1.13. The molecule has 1 aliphatic rings. The summed E-state index contributed by atoms with van der Waals surface area (Å²) in [5.41, 5.74) is 2.55. The highest BCUT2D eigenvalue weighted by atomic mass is 15.3. The molecule has 1 aromatic heterocycles. The number of piperazine rings is 1. The highest BCUT2D eigenvalue weighted by Gasteiger charge is 2.22. The molecule has 0 amide bonds. The Bertz CT molecular complexity index is 452. The number of likely N-dealkylation sites (N-methyl/N-ethyl adjacent to an activating group) is 1. The quantitative estimate of drug-likeness (QED) is 0.923. The summed E-state index contributed by atoms with van der Waals surface area (Å²) in [5.74, 6) is 0. The zero-order valence-electron chi connectivity index (χ0n) is 14.2. The van der Waals surface area contributed by atoms with Crippen molar-refractivity contribution in [2.75, 3.05) is 31.1 Å². The van der Waals surface area contributed by atoms with Gasteiger partial charge in [-0.25, -0.2) is 0 Å². The van der Waals surface area contributed by atoms with Gasteiger partial charge in [-0.05, 0) is 46.4 Å². The van der Waals surface area contributed by atoms with E-state index in [0.29, 0.717) is 6.04 Å². The van der Waals surface area contributed by atoms with Crippen molar-refractivity contribution in [3.05, 3.63) is 24.0 Å². The van der Waals surface area contributed by atoms with Gasteiger partial charge in [0, 0.05) is 49.6 Å². The summed E-state index contributed by atoms with van der Waals surface area (Å²) in [4.78, 5) is 9.51. The maximum absolute atomic E-state index is 4.49. The van der Waals surface area contributed by atoms with E-state index in [1.165, 1.54) is 5.69 Å². The van der Waals surface area contributed by atoms with E-state index in [-0.39, 0.29) is 5.54 Å². The van der Waals surface area contributed by atoms with Gasteiger partial charge >= 0.3 is 0 Å². The van der Waals surface area contributed by atoms with Crippen molar-refractivity contribution in [3.8, 4) is 0 Å². The van der Waals surface area contributed by atoms with Crippen LogP contribution in [-0.2, 0) is 6.54 Å². The fraction of sp³-hybridized carbons (Fsp3) is 0.706. The maximum atomic E-state index is 4.49. The molecule has 0 radical (unpaired) electrons. The summed E-state index contributed by atoms with van der Waals surface area (Å²) in [6, 6.07) is 4.98. The van der Waals surface area contributed by atoms with Gasteiger partial charge in [-0.3, -0.25) is 9.88 Å². The predicted molar refractivity (Wildman–Crippen MR) is 89.8 cm³/mol. The Morgan fingerprint density at radius 1 is 1.33 bits per heavy atom. The maximum Gasteiger partial charge on any atom is 0.0562 e. The summed E-state index contributed by atoms with van der Waals surface area (Å²) < 4.78 is 0. The molecule has 0 saturated carbocycles. The van der Waals surface area contributed by atoms with Crippen LogP contribution >= 0.6 is 0 Å². The molecular formula is C17H30N4. The summed E-state index contributed by atoms with van der Waals surface area (Å²) in [6.45, 7) is 16.4. The zero-order valence-corrected chi connectivity index (χ0v) is 14.2. The Morgan fingerprint density at radius 3 is 2.71 bits per heavy atom. The summed E-state index contributed by atoms with van der Waals surface area (Å²) in [6.07, 6.45) is 1.94. The first-order valence-electron chi connectivity index (χ1n) is 8.08. The smallest absolute Gasteiger partial charge is 0.0562 e. The van der Waals surface area contributed by atoms with Gasteiger partial charge < -0.3 is 10.2 Å². The molecule has 2 rings (SSSR count). The summed E-state index contributed by atoms with van der Waals surface area (Å²) >= 11 is 0. The van der Waals surface area contributed by atoms with Gasteiger partial charge in [-0.15, -0.1) is 0 Å². The van der Waals surface area contributed by atoms with Crippen molar-refractivity contribution < 1.29 is 0 Å². The Balaban J connectivity index is 2.01. The minimum atomic E-state index is 0.124. The van der Waals surface area contributed by atoms with E-state index < -0.39 is 0 Å². The van der Waals surface area contributed by atoms with Crippen molar-refractivity contribution in [1.82, 2.24) is 15.2 Å². The van der Waals surface area contributed by atoms with E-state index in [1.807, 2.05) is 6.20 Å². The minimum Gasteiger partial charge on any atom is -0.369 e. The zero-order chi connectivity index (χ0) is 15.5.